The van der Waals surface area contributed by atoms with Crippen LogP contribution in [0.4, 0.5) is 0 Å². The van der Waals surface area contributed by atoms with Crippen molar-refractivity contribution in [2.45, 2.75) is 27.2 Å². The second kappa shape index (κ2) is 4.98. The number of aromatic nitrogens is 1. The normalized spacial score (nSPS) is 10.8. The zero-order valence-corrected chi connectivity index (χ0v) is 11.3. The smallest absolute Gasteiger partial charge is 0.0955 e. The van der Waals surface area contributed by atoms with Crippen LogP contribution < -0.4 is 0 Å². The molecule has 1 heterocycles. The molecular weight excluding hydrogens is 230 g/mol. The van der Waals surface area contributed by atoms with E-state index in [0.29, 0.717) is 6.42 Å². The summed E-state index contributed by atoms with van der Waals surface area (Å²) in [5, 5.41) is 12.0. The monoisotopic (exact) mass is 247 g/mol. The van der Waals surface area contributed by atoms with Gasteiger partial charge in [0.05, 0.1) is 10.7 Å². The number of benzene rings is 1. The Morgan fingerprint density at radius 2 is 1.82 bits per heavy atom. The Hall–Kier alpha value is -1.19. The van der Waals surface area contributed by atoms with Crippen LogP contribution in [0, 0.1) is 20.8 Å². The molecule has 0 spiro atoms. The average Bonchev–Trinajstić information content (AvgIpc) is 2.65. The third-order valence-electron chi connectivity index (χ3n) is 2.81. The van der Waals surface area contributed by atoms with E-state index >= 15 is 0 Å². The number of rotatable bonds is 3. The molecule has 0 unspecified atom stereocenters. The lowest BCUT2D eigenvalue weighted by Crippen LogP contribution is -1.92. The lowest BCUT2D eigenvalue weighted by Gasteiger charge is -2.08. The van der Waals surface area contributed by atoms with E-state index in [2.05, 4.69) is 43.3 Å². The first-order valence-electron chi connectivity index (χ1n) is 5.75. The van der Waals surface area contributed by atoms with Crippen molar-refractivity contribution in [3.8, 4) is 11.3 Å². The van der Waals surface area contributed by atoms with Crippen LogP contribution in [0.5, 0.6) is 0 Å². The fourth-order valence-electron chi connectivity index (χ4n) is 2.22. The molecule has 1 N–H and O–H groups in total. The largest absolute Gasteiger partial charge is 0.396 e. The Kier molecular flexibility index (Phi) is 3.60. The van der Waals surface area contributed by atoms with E-state index in [-0.39, 0.29) is 6.61 Å². The van der Waals surface area contributed by atoms with Gasteiger partial charge in [-0.1, -0.05) is 17.7 Å². The van der Waals surface area contributed by atoms with Gasteiger partial charge in [0.1, 0.15) is 0 Å². The maximum absolute atomic E-state index is 8.91. The van der Waals surface area contributed by atoms with Gasteiger partial charge in [0.15, 0.2) is 0 Å². The standard InChI is InChI=1S/C14H17NOS/c1-9-6-10(2)14(11(3)7-9)12-8-17-13(15-12)4-5-16/h6-8,16H,4-5H2,1-3H3. The summed E-state index contributed by atoms with van der Waals surface area (Å²) in [6.45, 7) is 6.53. The molecule has 2 aromatic rings. The van der Waals surface area contributed by atoms with Crippen molar-refractivity contribution in [3.63, 3.8) is 0 Å². The van der Waals surface area contributed by atoms with Crippen molar-refractivity contribution in [1.82, 2.24) is 4.98 Å². The summed E-state index contributed by atoms with van der Waals surface area (Å²) in [4.78, 5) is 4.58. The summed E-state index contributed by atoms with van der Waals surface area (Å²) in [6, 6.07) is 4.38. The highest BCUT2D eigenvalue weighted by Gasteiger charge is 2.10. The van der Waals surface area contributed by atoms with Crippen molar-refractivity contribution in [2.75, 3.05) is 6.61 Å². The average molecular weight is 247 g/mol. The van der Waals surface area contributed by atoms with Gasteiger partial charge in [-0.25, -0.2) is 4.98 Å². The molecule has 0 atom stereocenters. The van der Waals surface area contributed by atoms with Gasteiger partial charge in [0.25, 0.3) is 0 Å². The first kappa shape index (κ1) is 12.3. The number of nitrogens with zero attached hydrogens (tertiary/aromatic N) is 1. The molecule has 1 aromatic carbocycles. The van der Waals surface area contributed by atoms with Crippen LogP contribution in [0.2, 0.25) is 0 Å². The molecule has 90 valence electrons. The number of hydrogen-bond donors (Lipinski definition) is 1. The minimum atomic E-state index is 0.165. The van der Waals surface area contributed by atoms with Crippen molar-refractivity contribution in [2.24, 2.45) is 0 Å². The van der Waals surface area contributed by atoms with Crippen LogP contribution in [0.3, 0.4) is 0 Å². The fraction of sp³-hybridized carbons (Fsp3) is 0.357. The quantitative estimate of drug-likeness (QED) is 0.903. The van der Waals surface area contributed by atoms with E-state index in [1.807, 2.05) is 0 Å². The first-order valence-corrected chi connectivity index (χ1v) is 6.63. The van der Waals surface area contributed by atoms with E-state index < -0.39 is 0 Å². The minimum Gasteiger partial charge on any atom is -0.396 e. The number of aliphatic hydroxyl groups excluding tert-OH is 1. The fourth-order valence-corrected chi connectivity index (χ4v) is 3.00. The number of thiazole rings is 1. The van der Waals surface area contributed by atoms with Gasteiger partial charge >= 0.3 is 0 Å². The summed E-state index contributed by atoms with van der Waals surface area (Å²) in [5.41, 5.74) is 6.09. The van der Waals surface area contributed by atoms with E-state index in [0.717, 1.165) is 10.7 Å². The summed E-state index contributed by atoms with van der Waals surface area (Å²) >= 11 is 1.62. The van der Waals surface area contributed by atoms with Crippen LogP contribution >= 0.6 is 11.3 Å². The summed E-state index contributed by atoms with van der Waals surface area (Å²) in [7, 11) is 0. The lowest BCUT2D eigenvalue weighted by atomic mass is 9.98. The van der Waals surface area contributed by atoms with Crippen LogP contribution in [-0.2, 0) is 6.42 Å². The summed E-state index contributed by atoms with van der Waals surface area (Å²) < 4.78 is 0. The molecule has 0 aliphatic rings. The zero-order valence-electron chi connectivity index (χ0n) is 10.4. The Morgan fingerprint density at radius 1 is 1.18 bits per heavy atom. The highest BCUT2D eigenvalue weighted by Crippen LogP contribution is 2.29. The maximum Gasteiger partial charge on any atom is 0.0955 e. The molecule has 0 saturated heterocycles. The van der Waals surface area contributed by atoms with E-state index in [4.69, 9.17) is 5.11 Å². The summed E-state index contributed by atoms with van der Waals surface area (Å²) in [6.07, 6.45) is 0.647. The molecule has 2 rings (SSSR count). The molecule has 17 heavy (non-hydrogen) atoms. The predicted octanol–water partition coefficient (Wildman–Crippen LogP) is 3.27. The third-order valence-corrected chi connectivity index (χ3v) is 3.72. The number of aryl methyl sites for hydroxylation is 3. The van der Waals surface area contributed by atoms with Crippen LogP contribution in [0.15, 0.2) is 17.5 Å². The van der Waals surface area contributed by atoms with Gasteiger partial charge in [0, 0.05) is 24.0 Å². The molecule has 1 aromatic heterocycles. The third kappa shape index (κ3) is 2.56. The lowest BCUT2D eigenvalue weighted by molar-refractivity contribution is 0.299. The van der Waals surface area contributed by atoms with Gasteiger partial charge in [-0.3, -0.25) is 0 Å². The zero-order chi connectivity index (χ0) is 12.4. The van der Waals surface area contributed by atoms with E-state index in [1.165, 1.54) is 22.3 Å². The van der Waals surface area contributed by atoms with Gasteiger partial charge < -0.3 is 5.11 Å². The molecule has 0 fully saturated rings. The Bertz CT molecular complexity index is 508. The maximum atomic E-state index is 8.91. The Morgan fingerprint density at radius 3 is 2.41 bits per heavy atom. The van der Waals surface area contributed by atoms with Crippen molar-refractivity contribution in [3.05, 3.63) is 39.2 Å². The Labute approximate surface area is 106 Å². The SMILES string of the molecule is Cc1cc(C)c(-c2csc(CCO)n2)c(C)c1. The van der Waals surface area contributed by atoms with Crippen LogP contribution in [-0.4, -0.2) is 16.7 Å². The molecule has 2 nitrogen and oxygen atoms in total. The number of aliphatic hydroxyl groups is 1. The van der Waals surface area contributed by atoms with Gasteiger partial charge in [-0.05, 0) is 31.9 Å². The Balaban J connectivity index is 2.45. The van der Waals surface area contributed by atoms with Gasteiger partial charge in [-0.15, -0.1) is 11.3 Å². The van der Waals surface area contributed by atoms with Crippen LogP contribution in [0.1, 0.15) is 21.7 Å². The minimum absolute atomic E-state index is 0.165. The molecule has 0 saturated carbocycles. The molecular formula is C14H17NOS. The predicted molar refractivity (Wildman–Crippen MR) is 72.6 cm³/mol. The first-order chi connectivity index (χ1) is 8.11. The van der Waals surface area contributed by atoms with Crippen molar-refractivity contribution >= 4 is 11.3 Å². The van der Waals surface area contributed by atoms with E-state index in [1.54, 1.807) is 11.3 Å². The van der Waals surface area contributed by atoms with E-state index in [9.17, 15) is 0 Å². The van der Waals surface area contributed by atoms with Gasteiger partial charge in [0.2, 0.25) is 0 Å². The molecule has 0 aliphatic heterocycles. The molecule has 3 heteroatoms. The molecule has 0 bridgehead atoms. The van der Waals surface area contributed by atoms with Gasteiger partial charge in [-0.2, -0.15) is 0 Å². The highest BCUT2D eigenvalue weighted by atomic mass is 32.1. The molecule has 0 amide bonds. The van der Waals surface area contributed by atoms with Crippen LogP contribution in [0.25, 0.3) is 11.3 Å². The van der Waals surface area contributed by atoms with Crippen molar-refractivity contribution < 1.29 is 5.11 Å². The number of hydrogen-bond acceptors (Lipinski definition) is 3. The van der Waals surface area contributed by atoms with Crippen molar-refractivity contribution in [1.29, 1.82) is 0 Å². The topological polar surface area (TPSA) is 33.1 Å². The second-order valence-corrected chi connectivity index (χ2v) is 5.32. The highest BCUT2D eigenvalue weighted by molar-refractivity contribution is 7.09. The summed E-state index contributed by atoms with van der Waals surface area (Å²) in [5.74, 6) is 0. The second-order valence-electron chi connectivity index (χ2n) is 4.37. The molecule has 0 aliphatic carbocycles. The molecule has 0 radical (unpaired) electrons.